The SMILES string of the molecule is Fc1ccc(COc2c(Br)cccc2Br)c(Br)c1. The molecule has 0 aliphatic rings. The van der Waals surface area contributed by atoms with Gasteiger partial charge in [-0.2, -0.15) is 0 Å². The first kappa shape index (κ1) is 14.0. The molecule has 0 atom stereocenters. The molecule has 18 heavy (non-hydrogen) atoms. The Kier molecular flexibility index (Phi) is 4.81. The predicted molar refractivity (Wildman–Crippen MR) is 80.3 cm³/mol. The highest BCUT2D eigenvalue weighted by atomic mass is 79.9. The summed E-state index contributed by atoms with van der Waals surface area (Å²) in [4.78, 5) is 0. The number of ether oxygens (including phenoxy) is 1. The standard InChI is InChI=1S/C13H8Br3FO/c14-10-2-1-3-11(15)13(10)18-7-8-4-5-9(17)6-12(8)16/h1-6H,7H2. The van der Waals surface area contributed by atoms with Gasteiger partial charge in [0.2, 0.25) is 0 Å². The minimum atomic E-state index is -0.271. The molecule has 0 aliphatic heterocycles. The van der Waals surface area contributed by atoms with Crippen LogP contribution in [0.5, 0.6) is 5.75 Å². The van der Waals surface area contributed by atoms with E-state index in [0.29, 0.717) is 11.1 Å². The molecule has 0 aliphatic carbocycles. The fourth-order valence-electron chi connectivity index (χ4n) is 1.41. The third kappa shape index (κ3) is 3.33. The lowest BCUT2D eigenvalue weighted by Crippen LogP contribution is -1.98. The minimum absolute atomic E-state index is 0.271. The minimum Gasteiger partial charge on any atom is -0.486 e. The highest BCUT2D eigenvalue weighted by Gasteiger charge is 2.08. The summed E-state index contributed by atoms with van der Waals surface area (Å²) in [6, 6.07) is 10.3. The normalized spacial score (nSPS) is 10.4. The average molecular weight is 439 g/mol. The van der Waals surface area contributed by atoms with Crippen LogP contribution in [0.25, 0.3) is 0 Å². The second kappa shape index (κ2) is 6.17. The Bertz CT molecular complexity index is 552. The summed E-state index contributed by atoms with van der Waals surface area (Å²) < 4.78 is 21.1. The van der Waals surface area contributed by atoms with Gasteiger partial charge in [-0.15, -0.1) is 0 Å². The number of rotatable bonds is 3. The number of para-hydroxylation sites is 1. The summed E-state index contributed by atoms with van der Waals surface area (Å²) in [5.74, 6) is 0.460. The molecule has 0 spiro atoms. The quantitative estimate of drug-likeness (QED) is 0.598. The summed E-state index contributed by atoms with van der Waals surface area (Å²) >= 11 is 10.2. The van der Waals surface area contributed by atoms with Gasteiger partial charge in [-0.25, -0.2) is 4.39 Å². The maximum Gasteiger partial charge on any atom is 0.148 e. The molecule has 5 heteroatoms. The average Bonchev–Trinajstić information content (AvgIpc) is 2.31. The van der Waals surface area contributed by atoms with Gasteiger partial charge < -0.3 is 4.74 Å². The van der Waals surface area contributed by atoms with E-state index in [1.165, 1.54) is 12.1 Å². The van der Waals surface area contributed by atoms with Crippen molar-refractivity contribution in [3.8, 4) is 5.75 Å². The second-order valence-corrected chi connectivity index (χ2v) is 6.14. The van der Waals surface area contributed by atoms with E-state index in [1.54, 1.807) is 6.07 Å². The molecule has 0 fully saturated rings. The number of hydrogen-bond acceptors (Lipinski definition) is 1. The Morgan fingerprint density at radius 2 is 1.61 bits per heavy atom. The lowest BCUT2D eigenvalue weighted by molar-refractivity contribution is 0.301. The smallest absolute Gasteiger partial charge is 0.148 e. The van der Waals surface area contributed by atoms with Crippen LogP contribution in [-0.4, -0.2) is 0 Å². The van der Waals surface area contributed by atoms with Crippen molar-refractivity contribution in [1.29, 1.82) is 0 Å². The Morgan fingerprint density at radius 3 is 2.22 bits per heavy atom. The van der Waals surface area contributed by atoms with Crippen molar-refractivity contribution >= 4 is 47.8 Å². The van der Waals surface area contributed by atoms with Gasteiger partial charge in [0.25, 0.3) is 0 Å². The van der Waals surface area contributed by atoms with E-state index >= 15 is 0 Å². The van der Waals surface area contributed by atoms with E-state index in [4.69, 9.17) is 4.74 Å². The maximum atomic E-state index is 13.0. The topological polar surface area (TPSA) is 9.23 Å². The van der Waals surface area contributed by atoms with Gasteiger partial charge >= 0.3 is 0 Å². The van der Waals surface area contributed by atoms with Crippen LogP contribution < -0.4 is 4.74 Å². The van der Waals surface area contributed by atoms with Crippen molar-refractivity contribution in [2.24, 2.45) is 0 Å². The molecular weight excluding hydrogens is 431 g/mol. The van der Waals surface area contributed by atoms with Gasteiger partial charge in [0.15, 0.2) is 0 Å². The third-order valence-corrected chi connectivity index (χ3v) is 4.29. The van der Waals surface area contributed by atoms with Gasteiger partial charge in [-0.3, -0.25) is 0 Å². The van der Waals surface area contributed by atoms with Crippen LogP contribution >= 0.6 is 47.8 Å². The van der Waals surface area contributed by atoms with E-state index in [-0.39, 0.29) is 5.82 Å². The fraction of sp³-hybridized carbons (Fsp3) is 0.0769. The van der Waals surface area contributed by atoms with Crippen molar-refractivity contribution in [2.75, 3.05) is 0 Å². The molecule has 0 N–H and O–H groups in total. The van der Waals surface area contributed by atoms with E-state index in [2.05, 4.69) is 47.8 Å². The zero-order chi connectivity index (χ0) is 13.1. The second-order valence-electron chi connectivity index (χ2n) is 3.58. The van der Waals surface area contributed by atoms with Crippen LogP contribution in [0.1, 0.15) is 5.56 Å². The third-order valence-electron chi connectivity index (χ3n) is 2.31. The summed E-state index contributed by atoms with van der Waals surface area (Å²) in [5.41, 5.74) is 0.888. The molecule has 0 aromatic heterocycles. The Labute approximate surface area is 130 Å². The van der Waals surface area contributed by atoms with Gasteiger partial charge in [0.05, 0.1) is 8.95 Å². The molecule has 2 rings (SSSR count). The first-order chi connectivity index (χ1) is 8.58. The molecule has 94 valence electrons. The Morgan fingerprint density at radius 1 is 0.944 bits per heavy atom. The van der Waals surface area contributed by atoms with Gasteiger partial charge in [0, 0.05) is 10.0 Å². The van der Waals surface area contributed by atoms with Gasteiger partial charge in [-0.05, 0) is 56.1 Å². The molecule has 0 radical (unpaired) electrons. The fourth-order valence-corrected chi connectivity index (χ4v) is 3.10. The van der Waals surface area contributed by atoms with Crippen molar-refractivity contribution in [3.05, 3.63) is 61.2 Å². The lowest BCUT2D eigenvalue weighted by Gasteiger charge is -2.11. The first-order valence-electron chi connectivity index (χ1n) is 5.08. The molecule has 0 unspecified atom stereocenters. The number of halogens is 4. The lowest BCUT2D eigenvalue weighted by atomic mass is 10.2. The molecule has 2 aromatic carbocycles. The van der Waals surface area contributed by atoms with Crippen LogP contribution in [0.3, 0.4) is 0 Å². The highest BCUT2D eigenvalue weighted by molar-refractivity contribution is 9.11. The molecule has 0 saturated heterocycles. The van der Waals surface area contributed by atoms with Crippen LogP contribution in [0.4, 0.5) is 4.39 Å². The predicted octanol–water partition coefficient (Wildman–Crippen LogP) is 5.69. The van der Waals surface area contributed by atoms with Crippen molar-refractivity contribution in [1.82, 2.24) is 0 Å². The summed E-state index contributed by atoms with van der Waals surface area (Å²) in [6.45, 7) is 0.363. The van der Waals surface area contributed by atoms with Gasteiger partial charge in [0.1, 0.15) is 18.2 Å². The molecule has 2 aromatic rings. The van der Waals surface area contributed by atoms with E-state index in [0.717, 1.165) is 20.3 Å². The number of hydrogen-bond donors (Lipinski definition) is 0. The largest absolute Gasteiger partial charge is 0.486 e. The maximum absolute atomic E-state index is 13.0. The Balaban J connectivity index is 2.16. The van der Waals surface area contributed by atoms with Crippen molar-refractivity contribution in [3.63, 3.8) is 0 Å². The summed E-state index contributed by atoms with van der Waals surface area (Å²) in [5, 5.41) is 0. The zero-order valence-corrected chi connectivity index (χ0v) is 13.8. The number of benzene rings is 2. The van der Waals surface area contributed by atoms with Crippen molar-refractivity contribution in [2.45, 2.75) is 6.61 Å². The monoisotopic (exact) mass is 436 g/mol. The molecule has 1 nitrogen and oxygen atoms in total. The first-order valence-corrected chi connectivity index (χ1v) is 7.46. The summed E-state index contributed by atoms with van der Waals surface area (Å²) in [7, 11) is 0. The molecule has 0 bridgehead atoms. The highest BCUT2D eigenvalue weighted by Crippen LogP contribution is 2.34. The molecule has 0 heterocycles. The van der Waals surface area contributed by atoms with E-state index < -0.39 is 0 Å². The van der Waals surface area contributed by atoms with E-state index in [1.807, 2.05) is 18.2 Å². The molecular formula is C13H8Br3FO. The molecule has 0 saturated carbocycles. The van der Waals surface area contributed by atoms with Crippen molar-refractivity contribution < 1.29 is 9.13 Å². The Hall–Kier alpha value is -0.390. The zero-order valence-electron chi connectivity index (χ0n) is 9.09. The van der Waals surface area contributed by atoms with E-state index in [9.17, 15) is 4.39 Å². The van der Waals surface area contributed by atoms with Crippen LogP contribution in [0.15, 0.2) is 49.8 Å². The van der Waals surface area contributed by atoms with Crippen LogP contribution in [0, 0.1) is 5.82 Å². The van der Waals surface area contributed by atoms with Gasteiger partial charge in [-0.1, -0.05) is 28.1 Å². The van der Waals surface area contributed by atoms with Crippen LogP contribution in [-0.2, 0) is 6.61 Å². The molecule has 0 amide bonds. The summed E-state index contributed by atoms with van der Waals surface area (Å²) in [6.07, 6.45) is 0. The van der Waals surface area contributed by atoms with Crippen LogP contribution in [0.2, 0.25) is 0 Å².